The quantitative estimate of drug-likeness (QED) is 0.663. The number of ether oxygens (including phenoxy) is 1. The van der Waals surface area contributed by atoms with Crippen LogP contribution in [0.5, 0.6) is 0 Å². The van der Waals surface area contributed by atoms with E-state index in [9.17, 15) is 4.79 Å². The van der Waals surface area contributed by atoms with E-state index in [4.69, 9.17) is 4.42 Å². The average molecular weight is 184 g/mol. The Balaban J connectivity index is 0.000000223. The fourth-order valence-corrected chi connectivity index (χ4v) is 0.578. The summed E-state index contributed by atoms with van der Waals surface area (Å²) in [5.74, 6) is -0.193. The third kappa shape index (κ3) is 8.66. The van der Waals surface area contributed by atoms with Gasteiger partial charge in [-0.2, -0.15) is 0 Å². The lowest BCUT2D eigenvalue weighted by Gasteiger charge is -1.93. The van der Waals surface area contributed by atoms with Crippen molar-refractivity contribution in [3.8, 4) is 0 Å². The molecule has 0 fully saturated rings. The van der Waals surface area contributed by atoms with Crippen LogP contribution in [0.25, 0.3) is 0 Å². The van der Waals surface area contributed by atoms with E-state index in [0.29, 0.717) is 6.61 Å². The number of carbonyl (C=O) groups excluding carboxylic acids is 1. The van der Waals surface area contributed by atoms with E-state index < -0.39 is 0 Å². The molecule has 0 saturated carbocycles. The summed E-state index contributed by atoms with van der Waals surface area (Å²) in [4.78, 5) is 9.98. The van der Waals surface area contributed by atoms with Crippen molar-refractivity contribution in [3.63, 3.8) is 0 Å². The molecule has 0 spiro atoms. The van der Waals surface area contributed by atoms with Gasteiger partial charge in [0.15, 0.2) is 0 Å². The van der Waals surface area contributed by atoms with Crippen molar-refractivity contribution in [2.45, 2.75) is 27.2 Å². The van der Waals surface area contributed by atoms with Crippen molar-refractivity contribution in [1.82, 2.24) is 0 Å². The summed E-state index contributed by atoms with van der Waals surface area (Å²) in [5.41, 5.74) is 1.18. The second kappa shape index (κ2) is 7.40. The van der Waals surface area contributed by atoms with Crippen LogP contribution in [0.1, 0.15) is 25.8 Å². The first-order valence-electron chi connectivity index (χ1n) is 4.29. The largest absolute Gasteiger partial charge is 0.472 e. The van der Waals surface area contributed by atoms with Gasteiger partial charge in [-0.3, -0.25) is 4.79 Å². The number of furan rings is 1. The van der Waals surface area contributed by atoms with E-state index >= 15 is 0 Å². The number of hydrogen-bond acceptors (Lipinski definition) is 3. The molecule has 1 rings (SSSR count). The highest BCUT2D eigenvalue weighted by molar-refractivity contribution is 5.65. The van der Waals surface area contributed by atoms with Gasteiger partial charge in [0, 0.05) is 6.92 Å². The number of aryl methyl sites for hydroxylation is 1. The van der Waals surface area contributed by atoms with Crippen LogP contribution in [-0.4, -0.2) is 12.6 Å². The molecule has 1 aromatic heterocycles. The highest BCUT2D eigenvalue weighted by Crippen LogP contribution is 1.93. The Bertz CT molecular complexity index is 214. The molecule has 0 unspecified atom stereocenters. The van der Waals surface area contributed by atoms with Crippen LogP contribution in [0.2, 0.25) is 0 Å². The Hall–Kier alpha value is -1.25. The van der Waals surface area contributed by atoms with Crippen LogP contribution < -0.4 is 0 Å². The maximum atomic E-state index is 9.98. The topological polar surface area (TPSA) is 39.4 Å². The molecular weight excluding hydrogens is 168 g/mol. The number of esters is 1. The van der Waals surface area contributed by atoms with Crippen LogP contribution in [0.15, 0.2) is 23.0 Å². The molecule has 3 nitrogen and oxygen atoms in total. The highest BCUT2D eigenvalue weighted by atomic mass is 16.5. The van der Waals surface area contributed by atoms with E-state index in [1.165, 1.54) is 12.5 Å². The molecule has 0 aromatic carbocycles. The van der Waals surface area contributed by atoms with Gasteiger partial charge in [0.05, 0.1) is 19.1 Å². The van der Waals surface area contributed by atoms with Crippen molar-refractivity contribution in [2.75, 3.05) is 6.61 Å². The maximum absolute atomic E-state index is 9.98. The van der Waals surface area contributed by atoms with Gasteiger partial charge in [-0.1, -0.05) is 6.92 Å². The average Bonchev–Trinajstić information content (AvgIpc) is 2.53. The standard InChI is InChI=1S/C5H10O2.C5H6O/c1-3-4-7-5(2)6;1-5-2-3-6-4-5/h3-4H2,1-2H3;2-4H,1H3. The number of rotatable bonds is 2. The van der Waals surface area contributed by atoms with Gasteiger partial charge in [0.2, 0.25) is 0 Å². The molecule has 1 heterocycles. The number of carbonyl (C=O) groups is 1. The van der Waals surface area contributed by atoms with E-state index in [1.807, 2.05) is 19.9 Å². The fraction of sp³-hybridized carbons (Fsp3) is 0.500. The molecular formula is C10H16O3. The van der Waals surface area contributed by atoms with Crippen molar-refractivity contribution < 1.29 is 13.9 Å². The van der Waals surface area contributed by atoms with E-state index in [1.54, 1.807) is 12.5 Å². The lowest BCUT2D eigenvalue weighted by Crippen LogP contribution is -1.98. The predicted octanol–water partition coefficient (Wildman–Crippen LogP) is 2.55. The molecule has 3 heteroatoms. The van der Waals surface area contributed by atoms with Crippen molar-refractivity contribution in [2.24, 2.45) is 0 Å². The molecule has 0 amide bonds. The van der Waals surface area contributed by atoms with E-state index in [-0.39, 0.29) is 5.97 Å². The summed E-state index contributed by atoms with van der Waals surface area (Å²) < 4.78 is 9.27. The van der Waals surface area contributed by atoms with Crippen molar-refractivity contribution in [3.05, 3.63) is 24.2 Å². The summed E-state index contributed by atoms with van der Waals surface area (Å²) in [7, 11) is 0. The monoisotopic (exact) mass is 184 g/mol. The third-order valence-electron chi connectivity index (χ3n) is 1.17. The van der Waals surface area contributed by atoms with Gasteiger partial charge in [-0.15, -0.1) is 0 Å². The molecule has 1 aromatic rings. The van der Waals surface area contributed by atoms with Gasteiger partial charge in [-0.05, 0) is 25.0 Å². The third-order valence-corrected chi connectivity index (χ3v) is 1.17. The molecule has 0 atom stereocenters. The lowest BCUT2D eigenvalue weighted by molar-refractivity contribution is -0.140. The van der Waals surface area contributed by atoms with Crippen LogP contribution >= 0.6 is 0 Å². The van der Waals surface area contributed by atoms with E-state index in [2.05, 4.69) is 4.74 Å². The first-order valence-corrected chi connectivity index (χ1v) is 4.29. The van der Waals surface area contributed by atoms with Gasteiger partial charge in [0.1, 0.15) is 0 Å². The van der Waals surface area contributed by atoms with Gasteiger partial charge in [-0.25, -0.2) is 0 Å². The van der Waals surface area contributed by atoms with Gasteiger partial charge in [0.25, 0.3) is 0 Å². The molecule has 0 aliphatic rings. The predicted molar refractivity (Wildman–Crippen MR) is 50.4 cm³/mol. The first kappa shape index (κ1) is 11.8. The fourth-order valence-electron chi connectivity index (χ4n) is 0.578. The number of hydrogen-bond donors (Lipinski definition) is 0. The summed E-state index contributed by atoms with van der Waals surface area (Å²) in [5, 5.41) is 0. The van der Waals surface area contributed by atoms with Crippen molar-refractivity contribution in [1.29, 1.82) is 0 Å². The van der Waals surface area contributed by atoms with Crippen LogP contribution in [0.3, 0.4) is 0 Å². The summed E-state index contributed by atoms with van der Waals surface area (Å²) in [6.07, 6.45) is 4.27. The van der Waals surface area contributed by atoms with E-state index in [0.717, 1.165) is 6.42 Å². The van der Waals surface area contributed by atoms with Gasteiger partial charge >= 0.3 is 5.97 Å². The van der Waals surface area contributed by atoms with Crippen molar-refractivity contribution >= 4 is 5.97 Å². The Morgan fingerprint density at radius 3 is 2.46 bits per heavy atom. The van der Waals surface area contributed by atoms with Gasteiger partial charge < -0.3 is 9.15 Å². The molecule has 0 N–H and O–H groups in total. The second-order valence-electron chi connectivity index (χ2n) is 2.64. The zero-order valence-corrected chi connectivity index (χ0v) is 8.37. The molecule has 0 saturated heterocycles. The maximum Gasteiger partial charge on any atom is 0.302 e. The second-order valence-corrected chi connectivity index (χ2v) is 2.64. The molecule has 0 bridgehead atoms. The zero-order valence-electron chi connectivity index (χ0n) is 8.37. The minimum Gasteiger partial charge on any atom is -0.472 e. The summed E-state index contributed by atoms with van der Waals surface area (Å²) in [6, 6.07) is 1.92. The molecule has 0 aliphatic carbocycles. The minimum atomic E-state index is -0.193. The van der Waals surface area contributed by atoms with Crippen LogP contribution in [0, 0.1) is 6.92 Å². The normalized spacial score (nSPS) is 8.54. The Morgan fingerprint density at radius 1 is 1.62 bits per heavy atom. The highest BCUT2D eigenvalue weighted by Gasteiger charge is 1.85. The van der Waals surface area contributed by atoms with Crippen LogP contribution in [-0.2, 0) is 9.53 Å². The summed E-state index contributed by atoms with van der Waals surface area (Å²) >= 11 is 0. The van der Waals surface area contributed by atoms with Crippen LogP contribution in [0.4, 0.5) is 0 Å². The summed E-state index contributed by atoms with van der Waals surface area (Å²) in [6.45, 7) is 5.91. The Morgan fingerprint density at radius 2 is 2.31 bits per heavy atom. The molecule has 0 radical (unpaired) electrons. The molecule has 0 aliphatic heterocycles. The minimum absolute atomic E-state index is 0.193. The smallest absolute Gasteiger partial charge is 0.302 e. The Kier molecular flexibility index (Phi) is 6.69. The lowest BCUT2D eigenvalue weighted by atomic mass is 10.4. The SMILES string of the molecule is CCCOC(C)=O.Cc1ccoc1. The Labute approximate surface area is 78.7 Å². The molecule has 13 heavy (non-hydrogen) atoms. The first-order chi connectivity index (χ1) is 6.16. The molecule has 74 valence electrons. The zero-order chi connectivity index (χ0) is 10.1.